The minimum Gasteiger partial charge on any atom is -0.405 e. The summed E-state index contributed by atoms with van der Waals surface area (Å²) in [5.74, 6) is 0. The third-order valence-corrected chi connectivity index (χ3v) is 1.74. The van der Waals surface area contributed by atoms with Crippen LogP contribution < -0.4 is 5.73 Å². The van der Waals surface area contributed by atoms with E-state index >= 15 is 0 Å². The molecule has 0 amide bonds. The average molecular weight is 166 g/mol. The van der Waals surface area contributed by atoms with Gasteiger partial charge in [0.25, 0.3) is 0 Å². The van der Waals surface area contributed by atoms with Gasteiger partial charge < -0.3 is 11.1 Å². The molecule has 0 aliphatic rings. The van der Waals surface area contributed by atoms with E-state index in [0.29, 0.717) is 0 Å². The van der Waals surface area contributed by atoms with Crippen LogP contribution in [0.15, 0.2) is 23.4 Å². The van der Waals surface area contributed by atoms with Gasteiger partial charge in [0, 0.05) is 6.21 Å². The third-order valence-electron chi connectivity index (χ3n) is 1.74. The number of hydrogen-bond acceptors (Lipinski definition) is 2. The van der Waals surface area contributed by atoms with E-state index in [4.69, 9.17) is 11.1 Å². The van der Waals surface area contributed by atoms with Gasteiger partial charge in [-0.25, -0.2) is 0 Å². The molecule has 0 aromatic heterocycles. The fourth-order valence-corrected chi connectivity index (χ4v) is 0.920. The third kappa shape index (κ3) is 4.72. The predicted octanol–water partition coefficient (Wildman–Crippen LogP) is 2.62. The second-order valence-electron chi connectivity index (χ2n) is 2.84. The van der Waals surface area contributed by atoms with Crippen molar-refractivity contribution in [2.45, 2.75) is 33.1 Å². The van der Waals surface area contributed by atoms with E-state index in [-0.39, 0.29) is 0 Å². The van der Waals surface area contributed by atoms with Crippen molar-refractivity contribution in [2.75, 3.05) is 0 Å². The van der Waals surface area contributed by atoms with Crippen LogP contribution in [0.4, 0.5) is 0 Å². The molecule has 68 valence electrons. The van der Waals surface area contributed by atoms with Crippen molar-refractivity contribution in [1.29, 1.82) is 5.41 Å². The molecule has 0 bridgehead atoms. The maximum atomic E-state index is 7.12. The highest BCUT2D eigenvalue weighted by Gasteiger charge is 1.93. The summed E-state index contributed by atoms with van der Waals surface area (Å²) in [4.78, 5) is 0. The van der Waals surface area contributed by atoms with Gasteiger partial charge in [0.05, 0.1) is 0 Å². The molecule has 2 heteroatoms. The normalized spacial score (nSPS) is 13.2. The number of rotatable bonds is 5. The standard InChI is InChI=1S/C10H18N2/c1-3-4-10(8-12)6-5-9(2)7-11/h4,7-8,12H,3,5-6,11H2,1-2H3/b9-7+,10-4-,12-8?. The Balaban J connectivity index is 3.89. The van der Waals surface area contributed by atoms with E-state index in [0.717, 1.165) is 24.8 Å². The molecule has 0 unspecified atom stereocenters. The SMILES string of the molecule is CC/C=C(\C=N)CC/C(C)=C/N. The topological polar surface area (TPSA) is 49.9 Å². The Morgan fingerprint density at radius 3 is 2.50 bits per heavy atom. The molecular formula is C10H18N2. The molecule has 0 atom stereocenters. The summed E-state index contributed by atoms with van der Waals surface area (Å²) in [6.07, 6.45) is 8.02. The lowest BCUT2D eigenvalue weighted by Gasteiger charge is -2.00. The molecule has 0 spiro atoms. The zero-order chi connectivity index (χ0) is 9.40. The van der Waals surface area contributed by atoms with Crippen molar-refractivity contribution in [1.82, 2.24) is 0 Å². The first-order valence-electron chi connectivity index (χ1n) is 4.31. The predicted molar refractivity (Wildman–Crippen MR) is 54.3 cm³/mol. The molecule has 0 fully saturated rings. The highest BCUT2D eigenvalue weighted by molar-refractivity contribution is 5.75. The van der Waals surface area contributed by atoms with Crippen LogP contribution >= 0.6 is 0 Å². The summed E-state index contributed by atoms with van der Waals surface area (Å²) >= 11 is 0. The molecule has 12 heavy (non-hydrogen) atoms. The zero-order valence-electron chi connectivity index (χ0n) is 7.93. The molecule has 0 aliphatic carbocycles. The zero-order valence-corrected chi connectivity index (χ0v) is 7.93. The lowest BCUT2D eigenvalue weighted by atomic mass is 10.1. The van der Waals surface area contributed by atoms with Gasteiger partial charge in [-0.2, -0.15) is 0 Å². The summed E-state index contributed by atoms with van der Waals surface area (Å²) < 4.78 is 0. The van der Waals surface area contributed by atoms with E-state index in [1.54, 1.807) is 6.20 Å². The minimum atomic E-state index is 0.927. The summed E-state index contributed by atoms with van der Waals surface area (Å²) in [5, 5.41) is 7.12. The first kappa shape index (κ1) is 11.0. The Kier molecular flexibility index (Phi) is 6.07. The monoisotopic (exact) mass is 166 g/mol. The Labute approximate surface area is 74.7 Å². The van der Waals surface area contributed by atoms with Crippen LogP contribution in [-0.4, -0.2) is 6.21 Å². The quantitative estimate of drug-likeness (QED) is 0.606. The molecule has 0 saturated heterocycles. The van der Waals surface area contributed by atoms with E-state index in [9.17, 15) is 0 Å². The van der Waals surface area contributed by atoms with Crippen molar-refractivity contribution in [3.63, 3.8) is 0 Å². The fourth-order valence-electron chi connectivity index (χ4n) is 0.920. The number of allylic oxidation sites excluding steroid dienone is 3. The lowest BCUT2D eigenvalue weighted by molar-refractivity contribution is 0.943. The van der Waals surface area contributed by atoms with Crippen LogP contribution in [-0.2, 0) is 0 Å². The molecule has 0 saturated carbocycles. The van der Waals surface area contributed by atoms with Gasteiger partial charge in [0.2, 0.25) is 0 Å². The summed E-state index contributed by atoms with van der Waals surface area (Å²) in [6.45, 7) is 4.09. The van der Waals surface area contributed by atoms with Crippen molar-refractivity contribution >= 4 is 6.21 Å². The molecule has 0 aromatic carbocycles. The smallest absolute Gasteiger partial charge is 0.0206 e. The molecule has 3 N–H and O–H groups in total. The first-order valence-corrected chi connectivity index (χ1v) is 4.31. The number of nitrogens with one attached hydrogen (secondary N) is 1. The van der Waals surface area contributed by atoms with Gasteiger partial charge >= 0.3 is 0 Å². The second kappa shape index (κ2) is 6.65. The Morgan fingerprint density at radius 1 is 1.42 bits per heavy atom. The summed E-state index contributed by atoms with van der Waals surface area (Å²) in [7, 11) is 0. The second-order valence-corrected chi connectivity index (χ2v) is 2.84. The lowest BCUT2D eigenvalue weighted by Crippen LogP contribution is -1.89. The van der Waals surface area contributed by atoms with Gasteiger partial charge in [0.1, 0.15) is 0 Å². The van der Waals surface area contributed by atoms with Crippen molar-refractivity contribution in [3.05, 3.63) is 23.4 Å². The highest BCUT2D eigenvalue weighted by Crippen LogP contribution is 2.09. The Morgan fingerprint density at radius 2 is 2.08 bits per heavy atom. The fraction of sp³-hybridized carbons (Fsp3) is 0.500. The van der Waals surface area contributed by atoms with E-state index < -0.39 is 0 Å². The molecule has 0 rings (SSSR count). The minimum absolute atomic E-state index is 0.927. The number of hydrogen-bond donors (Lipinski definition) is 2. The average Bonchev–Trinajstić information content (AvgIpc) is 2.11. The van der Waals surface area contributed by atoms with Crippen LogP contribution in [0.1, 0.15) is 33.1 Å². The van der Waals surface area contributed by atoms with E-state index in [1.165, 1.54) is 11.8 Å². The van der Waals surface area contributed by atoms with Gasteiger partial charge in [-0.3, -0.25) is 0 Å². The van der Waals surface area contributed by atoms with E-state index in [1.807, 2.05) is 6.92 Å². The van der Waals surface area contributed by atoms with Crippen LogP contribution in [0.2, 0.25) is 0 Å². The van der Waals surface area contributed by atoms with Gasteiger partial charge in [-0.05, 0) is 38.0 Å². The highest BCUT2D eigenvalue weighted by atomic mass is 14.5. The molecule has 0 radical (unpaired) electrons. The van der Waals surface area contributed by atoms with E-state index in [2.05, 4.69) is 13.0 Å². The first-order chi connectivity index (χ1) is 5.74. The van der Waals surface area contributed by atoms with Crippen LogP contribution in [0, 0.1) is 5.41 Å². The van der Waals surface area contributed by atoms with Gasteiger partial charge in [-0.15, -0.1) is 0 Å². The molecule has 0 aromatic rings. The van der Waals surface area contributed by atoms with Crippen LogP contribution in [0.3, 0.4) is 0 Å². The molecule has 0 heterocycles. The molecule has 0 aliphatic heterocycles. The van der Waals surface area contributed by atoms with Crippen molar-refractivity contribution in [3.8, 4) is 0 Å². The maximum Gasteiger partial charge on any atom is 0.0206 e. The van der Waals surface area contributed by atoms with Gasteiger partial charge in [-0.1, -0.05) is 18.6 Å². The maximum absolute atomic E-state index is 7.12. The number of nitrogens with two attached hydrogens (primary N) is 1. The van der Waals surface area contributed by atoms with Crippen molar-refractivity contribution < 1.29 is 0 Å². The summed E-state index contributed by atoms with van der Waals surface area (Å²) in [5.41, 5.74) is 7.61. The van der Waals surface area contributed by atoms with Crippen LogP contribution in [0.25, 0.3) is 0 Å². The molecule has 2 nitrogen and oxygen atoms in total. The largest absolute Gasteiger partial charge is 0.405 e. The Hall–Kier alpha value is -1.05. The van der Waals surface area contributed by atoms with Gasteiger partial charge in [0.15, 0.2) is 0 Å². The Bertz CT molecular complexity index is 190. The molecular weight excluding hydrogens is 148 g/mol. The van der Waals surface area contributed by atoms with Crippen LogP contribution in [0.5, 0.6) is 0 Å². The van der Waals surface area contributed by atoms with Crippen molar-refractivity contribution in [2.24, 2.45) is 5.73 Å². The summed E-state index contributed by atoms with van der Waals surface area (Å²) in [6, 6.07) is 0.